The molecule has 0 radical (unpaired) electrons. The van der Waals surface area contributed by atoms with E-state index in [0.717, 1.165) is 0 Å². The smallest absolute Gasteiger partial charge is 0.267 e. The number of hydrogen-bond acceptors (Lipinski definition) is 3. The summed E-state index contributed by atoms with van der Waals surface area (Å²) in [6, 6.07) is 1.69. The lowest BCUT2D eigenvalue weighted by Gasteiger charge is -2.00. The van der Waals surface area contributed by atoms with Gasteiger partial charge in [0.05, 0.1) is 11.3 Å². The van der Waals surface area contributed by atoms with Crippen molar-refractivity contribution in [3.63, 3.8) is 0 Å². The summed E-state index contributed by atoms with van der Waals surface area (Å²) in [5.41, 5.74) is 0. The molecule has 0 rings (SSSR count). The second kappa shape index (κ2) is 6.83. The monoisotopic (exact) mass is 191 g/mol. The number of hydrogen-bond donors (Lipinski definition) is 1. The molecule has 0 aliphatic carbocycles. The van der Waals surface area contributed by atoms with Crippen LogP contribution in [0.1, 0.15) is 20.3 Å². The second-order valence-corrected chi connectivity index (χ2v) is 3.90. The fourth-order valence-corrected chi connectivity index (χ4v) is 0.632. The van der Waals surface area contributed by atoms with Crippen LogP contribution in [-0.4, -0.2) is 18.2 Å². The van der Waals surface area contributed by atoms with E-state index < -0.39 is 15.4 Å². The molecule has 0 saturated heterocycles. The molecular formula is C7H13NO3S. The van der Waals surface area contributed by atoms with E-state index in [1.165, 1.54) is 13.0 Å². The standard InChI is InChI=1S/C4H10O3S.C3H3N/c1-3-4(2)8(5,6)7;1-2-3-4/h4H,3H2,1-2H3,(H,5,6,7);2H,1H2. The van der Waals surface area contributed by atoms with E-state index in [0.29, 0.717) is 6.42 Å². The van der Waals surface area contributed by atoms with Gasteiger partial charge in [-0.25, -0.2) is 0 Å². The van der Waals surface area contributed by atoms with Crippen LogP contribution < -0.4 is 0 Å². The zero-order valence-corrected chi connectivity index (χ0v) is 8.00. The Hall–Kier alpha value is -0.860. The molecule has 0 aromatic rings. The van der Waals surface area contributed by atoms with Crippen molar-refractivity contribution in [1.29, 1.82) is 5.26 Å². The van der Waals surface area contributed by atoms with Crippen LogP contribution in [0, 0.1) is 11.3 Å². The predicted molar refractivity (Wildman–Crippen MR) is 47.1 cm³/mol. The van der Waals surface area contributed by atoms with E-state index in [-0.39, 0.29) is 0 Å². The summed E-state index contributed by atoms with van der Waals surface area (Å²) in [5, 5.41) is 6.88. The molecule has 0 aromatic heterocycles. The molecule has 1 atom stereocenters. The maximum absolute atomic E-state index is 10.1. The summed E-state index contributed by atoms with van der Waals surface area (Å²) in [5.74, 6) is 0. The molecule has 0 aromatic carbocycles. The molecule has 70 valence electrons. The predicted octanol–water partition coefficient (Wildman–Crippen LogP) is 1.37. The SMILES string of the molecule is C=CC#N.CCC(C)S(=O)(=O)O. The second-order valence-electron chi connectivity index (χ2n) is 2.07. The normalized spacial score (nSPS) is 11.8. The molecule has 0 saturated carbocycles. The van der Waals surface area contributed by atoms with Crippen LogP contribution in [-0.2, 0) is 10.1 Å². The van der Waals surface area contributed by atoms with Crippen LogP contribution >= 0.6 is 0 Å². The maximum atomic E-state index is 10.1. The summed E-state index contributed by atoms with van der Waals surface area (Å²) in [4.78, 5) is 0. The lowest BCUT2D eigenvalue weighted by atomic mass is 10.4. The molecule has 0 amide bonds. The first-order valence-corrected chi connectivity index (χ1v) is 4.87. The number of nitrogens with zero attached hydrogens (tertiary/aromatic N) is 1. The molecule has 12 heavy (non-hydrogen) atoms. The van der Waals surface area contributed by atoms with Crippen molar-refractivity contribution >= 4 is 10.1 Å². The zero-order valence-electron chi connectivity index (χ0n) is 7.19. The lowest BCUT2D eigenvalue weighted by molar-refractivity contribution is 0.468. The first-order chi connectivity index (χ1) is 5.40. The highest BCUT2D eigenvalue weighted by Crippen LogP contribution is 1.99. The third kappa shape index (κ3) is 9.14. The molecule has 0 spiro atoms. The van der Waals surface area contributed by atoms with E-state index in [2.05, 4.69) is 6.58 Å². The number of nitriles is 1. The average Bonchev–Trinajstić information content (AvgIpc) is 2.02. The Labute approximate surface area is 73.3 Å². The largest absolute Gasteiger partial charge is 0.285 e. The average molecular weight is 191 g/mol. The Morgan fingerprint density at radius 1 is 1.75 bits per heavy atom. The van der Waals surface area contributed by atoms with Crippen molar-refractivity contribution in [1.82, 2.24) is 0 Å². The minimum atomic E-state index is -3.75. The van der Waals surface area contributed by atoms with Crippen LogP contribution in [0.3, 0.4) is 0 Å². The van der Waals surface area contributed by atoms with Crippen LogP contribution in [0.25, 0.3) is 0 Å². The molecule has 0 aliphatic rings. The molecule has 0 bridgehead atoms. The van der Waals surface area contributed by atoms with E-state index in [4.69, 9.17) is 9.81 Å². The van der Waals surface area contributed by atoms with Gasteiger partial charge in [-0.15, -0.1) is 0 Å². The van der Waals surface area contributed by atoms with Gasteiger partial charge in [0.25, 0.3) is 10.1 Å². The Morgan fingerprint density at radius 2 is 2.08 bits per heavy atom. The van der Waals surface area contributed by atoms with E-state index in [1.807, 2.05) is 0 Å². The van der Waals surface area contributed by atoms with E-state index in [9.17, 15) is 8.42 Å². The summed E-state index contributed by atoms with van der Waals surface area (Å²) in [6.45, 7) is 6.29. The van der Waals surface area contributed by atoms with E-state index in [1.54, 1.807) is 13.0 Å². The van der Waals surface area contributed by atoms with Crippen molar-refractivity contribution in [2.45, 2.75) is 25.5 Å². The van der Waals surface area contributed by atoms with E-state index >= 15 is 0 Å². The summed E-state index contributed by atoms with van der Waals surface area (Å²) in [7, 11) is -3.75. The van der Waals surface area contributed by atoms with Gasteiger partial charge in [-0.2, -0.15) is 13.7 Å². The minimum absolute atomic E-state index is 0.457. The zero-order chi connectivity index (χ0) is 10.2. The molecule has 1 unspecified atom stereocenters. The first-order valence-electron chi connectivity index (χ1n) is 3.36. The van der Waals surface area contributed by atoms with Gasteiger partial charge < -0.3 is 0 Å². The third-order valence-electron chi connectivity index (χ3n) is 1.17. The highest BCUT2D eigenvalue weighted by atomic mass is 32.2. The first kappa shape index (κ1) is 13.7. The van der Waals surface area contributed by atoms with Crippen LogP contribution in [0.2, 0.25) is 0 Å². The highest BCUT2D eigenvalue weighted by Gasteiger charge is 2.13. The number of rotatable bonds is 2. The van der Waals surface area contributed by atoms with Gasteiger partial charge >= 0.3 is 0 Å². The molecule has 0 heterocycles. The topological polar surface area (TPSA) is 78.2 Å². The van der Waals surface area contributed by atoms with Crippen LogP contribution in [0.5, 0.6) is 0 Å². The van der Waals surface area contributed by atoms with Crippen molar-refractivity contribution in [2.75, 3.05) is 0 Å². The minimum Gasteiger partial charge on any atom is -0.285 e. The Balaban J connectivity index is 0. The maximum Gasteiger partial charge on any atom is 0.267 e. The lowest BCUT2D eigenvalue weighted by Crippen LogP contribution is -2.14. The molecule has 0 fully saturated rings. The van der Waals surface area contributed by atoms with Crippen molar-refractivity contribution in [2.24, 2.45) is 0 Å². The third-order valence-corrected chi connectivity index (χ3v) is 2.52. The summed E-state index contributed by atoms with van der Waals surface area (Å²) >= 11 is 0. The molecule has 4 nitrogen and oxygen atoms in total. The Bertz CT molecular complexity index is 250. The van der Waals surface area contributed by atoms with Crippen molar-refractivity contribution in [3.8, 4) is 6.07 Å². The quantitative estimate of drug-likeness (QED) is 0.528. The van der Waals surface area contributed by atoms with Gasteiger partial charge in [0.1, 0.15) is 0 Å². The van der Waals surface area contributed by atoms with Crippen molar-refractivity contribution < 1.29 is 13.0 Å². The fraction of sp³-hybridized carbons (Fsp3) is 0.571. The molecule has 0 aliphatic heterocycles. The van der Waals surface area contributed by atoms with Gasteiger partial charge in [0.15, 0.2) is 0 Å². The number of allylic oxidation sites excluding steroid dienone is 1. The van der Waals surface area contributed by atoms with Gasteiger partial charge in [0.2, 0.25) is 0 Å². The highest BCUT2D eigenvalue weighted by molar-refractivity contribution is 7.86. The fourth-order valence-electron chi connectivity index (χ4n) is 0.211. The van der Waals surface area contributed by atoms with Gasteiger partial charge in [-0.3, -0.25) is 4.55 Å². The molecule has 5 heteroatoms. The van der Waals surface area contributed by atoms with Crippen molar-refractivity contribution in [3.05, 3.63) is 12.7 Å². The van der Waals surface area contributed by atoms with Gasteiger partial charge in [0, 0.05) is 6.08 Å². The van der Waals surface area contributed by atoms with Gasteiger partial charge in [-0.1, -0.05) is 13.5 Å². The molecular weight excluding hydrogens is 178 g/mol. The summed E-state index contributed by atoms with van der Waals surface area (Å²) < 4.78 is 28.5. The molecule has 1 N–H and O–H groups in total. The Kier molecular flexibility index (Phi) is 7.80. The van der Waals surface area contributed by atoms with Crippen LogP contribution in [0.15, 0.2) is 12.7 Å². The summed E-state index contributed by atoms with van der Waals surface area (Å²) in [6.07, 6.45) is 1.64. The van der Waals surface area contributed by atoms with Crippen LogP contribution in [0.4, 0.5) is 0 Å². The Morgan fingerprint density at radius 3 is 2.08 bits per heavy atom. The van der Waals surface area contributed by atoms with Gasteiger partial charge in [-0.05, 0) is 13.3 Å².